The minimum absolute atomic E-state index is 0.145. The fourth-order valence-corrected chi connectivity index (χ4v) is 2.65. The van der Waals surface area contributed by atoms with Gasteiger partial charge >= 0.3 is 0 Å². The molecule has 1 aromatic heterocycles. The second-order valence-electron chi connectivity index (χ2n) is 6.42. The lowest BCUT2D eigenvalue weighted by Crippen LogP contribution is -2.21. The van der Waals surface area contributed by atoms with Crippen molar-refractivity contribution in [2.75, 3.05) is 37.8 Å². The quantitative estimate of drug-likeness (QED) is 0.856. The topological polar surface area (TPSA) is 57.3 Å². The SMILES string of the molecule is Cc1cc(C)c(NC(=O)c2cncc(NCCN(C)C)c2)c(C)c1. The number of anilines is 2. The van der Waals surface area contributed by atoms with E-state index >= 15 is 0 Å². The van der Waals surface area contributed by atoms with Crippen molar-refractivity contribution in [3.05, 3.63) is 52.8 Å². The molecule has 5 nitrogen and oxygen atoms in total. The average Bonchev–Trinajstić information content (AvgIpc) is 2.50. The lowest BCUT2D eigenvalue weighted by molar-refractivity contribution is 0.102. The molecule has 0 saturated carbocycles. The lowest BCUT2D eigenvalue weighted by Gasteiger charge is -2.14. The number of likely N-dealkylation sites (N-methyl/N-ethyl adjacent to an activating group) is 1. The van der Waals surface area contributed by atoms with Crippen LogP contribution in [0.2, 0.25) is 0 Å². The van der Waals surface area contributed by atoms with Gasteiger partial charge in [-0.05, 0) is 52.1 Å². The molecule has 0 radical (unpaired) electrons. The number of nitrogens with one attached hydrogen (secondary N) is 2. The summed E-state index contributed by atoms with van der Waals surface area (Å²) < 4.78 is 0. The van der Waals surface area contributed by atoms with Gasteiger partial charge in [-0.25, -0.2) is 0 Å². The van der Waals surface area contributed by atoms with Crippen molar-refractivity contribution >= 4 is 17.3 Å². The standard InChI is InChI=1S/C19H26N4O/c1-13-8-14(2)18(15(3)9-13)22-19(24)16-10-17(12-20-11-16)21-6-7-23(4)5/h8-12,21H,6-7H2,1-5H3,(H,22,24). The molecular weight excluding hydrogens is 300 g/mol. The Morgan fingerprint density at radius 1 is 1.08 bits per heavy atom. The van der Waals surface area contributed by atoms with Gasteiger partial charge in [0.25, 0.3) is 5.91 Å². The molecule has 0 aliphatic rings. The largest absolute Gasteiger partial charge is 0.382 e. The number of carbonyl (C=O) groups excluding carboxylic acids is 1. The van der Waals surface area contributed by atoms with Gasteiger partial charge in [-0.15, -0.1) is 0 Å². The van der Waals surface area contributed by atoms with Crippen LogP contribution < -0.4 is 10.6 Å². The van der Waals surface area contributed by atoms with Crippen LogP contribution in [-0.2, 0) is 0 Å². The van der Waals surface area contributed by atoms with E-state index in [0.29, 0.717) is 5.56 Å². The predicted octanol–water partition coefficient (Wildman–Crippen LogP) is 3.23. The van der Waals surface area contributed by atoms with Crippen LogP contribution in [0.3, 0.4) is 0 Å². The summed E-state index contributed by atoms with van der Waals surface area (Å²) in [6.45, 7) is 7.78. The Hall–Kier alpha value is -2.40. The zero-order valence-corrected chi connectivity index (χ0v) is 15.1. The minimum Gasteiger partial charge on any atom is -0.382 e. The monoisotopic (exact) mass is 326 g/mol. The number of aromatic nitrogens is 1. The van der Waals surface area contributed by atoms with Gasteiger partial charge < -0.3 is 15.5 Å². The van der Waals surface area contributed by atoms with E-state index in [-0.39, 0.29) is 5.91 Å². The van der Waals surface area contributed by atoms with Gasteiger partial charge in [0, 0.05) is 31.2 Å². The van der Waals surface area contributed by atoms with Crippen molar-refractivity contribution in [1.29, 1.82) is 0 Å². The molecule has 0 fully saturated rings. The molecule has 24 heavy (non-hydrogen) atoms. The predicted molar refractivity (Wildman–Crippen MR) is 99.9 cm³/mol. The molecule has 0 spiro atoms. The summed E-state index contributed by atoms with van der Waals surface area (Å²) in [5.74, 6) is -0.145. The Morgan fingerprint density at radius 3 is 2.38 bits per heavy atom. The van der Waals surface area contributed by atoms with Crippen LogP contribution in [0.25, 0.3) is 0 Å². The van der Waals surface area contributed by atoms with E-state index in [4.69, 9.17) is 0 Å². The van der Waals surface area contributed by atoms with E-state index in [2.05, 4.69) is 39.6 Å². The average molecular weight is 326 g/mol. The third-order valence-corrected chi connectivity index (χ3v) is 3.80. The molecule has 2 N–H and O–H groups in total. The smallest absolute Gasteiger partial charge is 0.257 e. The van der Waals surface area contributed by atoms with Crippen molar-refractivity contribution in [1.82, 2.24) is 9.88 Å². The first-order chi connectivity index (χ1) is 11.4. The van der Waals surface area contributed by atoms with Crippen LogP contribution in [0.1, 0.15) is 27.0 Å². The number of hydrogen-bond acceptors (Lipinski definition) is 4. The van der Waals surface area contributed by atoms with Crippen molar-refractivity contribution in [3.63, 3.8) is 0 Å². The first-order valence-electron chi connectivity index (χ1n) is 8.09. The number of aryl methyl sites for hydroxylation is 3. The molecular formula is C19H26N4O. The van der Waals surface area contributed by atoms with Crippen LogP contribution in [0.15, 0.2) is 30.6 Å². The third kappa shape index (κ3) is 4.80. The summed E-state index contributed by atoms with van der Waals surface area (Å²) in [5, 5.41) is 6.29. The van der Waals surface area contributed by atoms with Crippen molar-refractivity contribution in [2.45, 2.75) is 20.8 Å². The molecule has 1 amide bonds. The third-order valence-electron chi connectivity index (χ3n) is 3.80. The minimum atomic E-state index is -0.145. The zero-order valence-electron chi connectivity index (χ0n) is 15.1. The first kappa shape index (κ1) is 17.9. The Balaban J connectivity index is 2.10. The van der Waals surface area contributed by atoms with E-state index < -0.39 is 0 Å². The summed E-state index contributed by atoms with van der Waals surface area (Å²) >= 11 is 0. The Labute approximate surface area is 144 Å². The Bertz CT molecular complexity index is 702. The van der Waals surface area contributed by atoms with Gasteiger partial charge in [0.2, 0.25) is 0 Å². The Morgan fingerprint density at radius 2 is 1.75 bits per heavy atom. The molecule has 0 aliphatic heterocycles. The Kier molecular flexibility index (Phi) is 5.93. The summed E-state index contributed by atoms with van der Waals surface area (Å²) in [6.07, 6.45) is 3.32. The molecule has 128 valence electrons. The zero-order chi connectivity index (χ0) is 17.7. The van der Waals surface area contributed by atoms with Crippen LogP contribution >= 0.6 is 0 Å². The molecule has 2 aromatic rings. The van der Waals surface area contributed by atoms with E-state index in [9.17, 15) is 4.79 Å². The molecule has 0 aliphatic carbocycles. The van der Waals surface area contributed by atoms with Crippen LogP contribution in [0, 0.1) is 20.8 Å². The number of amides is 1. The van der Waals surface area contributed by atoms with Gasteiger partial charge in [-0.3, -0.25) is 9.78 Å². The van der Waals surface area contributed by atoms with Crippen molar-refractivity contribution in [2.24, 2.45) is 0 Å². The number of benzene rings is 1. The van der Waals surface area contributed by atoms with E-state index in [1.807, 2.05) is 34.0 Å². The molecule has 0 saturated heterocycles. The molecule has 0 unspecified atom stereocenters. The second-order valence-corrected chi connectivity index (χ2v) is 6.42. The second kappa shape index (κ2) is 7.93. The fourth-order valence-electron chi connectivity index (χ4n) is 2.65. The van der Waals surface area contributed by atoms with Gasteiger partial charge in [0.1, 0.15) is 0 Å². The summed E-state index contributed by atoms with van der Waals surface area (Å²) in [6, 6.07) is 5.97. The van der Waals surface area contributed by atoms with Crippen LogP contribution in [0.4, 0.5) is 11.4 Å². The van der Waals surface area contributed by atoms with Gasteiger partial charge in [0.15, 0.2) is 0 Å². The fraction of sp³-hybridized carbons (Fsp3) is 0.368. The van der Waals surface area contributed by atoms with Gasteiger partial charge in [0.05, 0.1) is 11.3 Å². The highest BCUT2D eigenvalue weighted by Gasteiger charge is 2.11. The molecule has 2 rings (SSSR count). The van der Waals surface area contributed by atoms with E-state index in [1.165, 1.54) is 5.56 Å². The maximum atomic E-state index is 12.6. The number of carbonyl (C=O) groups is 1. The van der Waals surface area contributed by atoms with Crippen molar-refractivity contribution in [3.8, 4) is 0 Å². The number of nitrogens with zero attached hydrogens (tertiary/aromatic N) is 2. The number of hydrogen-bond donors (Lipinski definition) is 2. The summed E-state index contributed by atoms with van der Waals surface area (Å²) in [4.78, 5) is 18.8. The normalized spacial score (nSPS) is 10.8. The first-order valence-corrected chi connectivity index (χ1v) is 8.09. The van der Waals surface area contributed by atoms with E-state index in [0.717, 1.165) is 35.6 Å². The van der Waals surface area contributed by atoms with Crippen molar-refractivity contribution < 1.29 is 4.79 Å². The number of rotatable bonds is 6. The highest BCUT2D eigenvalue weighted by atomic mass is 16.1. The van der Waals surface area contributed by atoms with E-state index in [1.54, 1.807) is 12.4 Å². The highest BCUT2D eigenvalue weighted by molar-refractivity contribution is 6.05. The summed E-state index contributed by atoms with van der Waals surface area (Å²) in [7, 11) is 4.05. The number of pyridine rings is 1. The van der Waals surface area contributed by atoms with Gasteiger partial charge in [-0.2, -0.15) is 0 Å². The molecule has 0 bridgehead atoms. The summed E-state index contributed by atoms with van der Waals surface area (Å²) in [5.41, 5.74) is 5.59. The maximum Gasteiger partial charge on any atom is 0.257 e. The van der Waals surface area contributed by atoms with Crippen LogP contribution in [-0.4, -0.2) is 43.0 Å². The maximum absolute atomic E-state index is 12.6. The highest BCUT2D eigenvalue weighted by Crippen LogP contribution is 2.22. The molecule has 5 heteroatoms. The van der Waals surface area contributed by atoms with Crippen LogP contribution in [0.5, 0.6) is 0 Å². The molecule has 1 aromatic carbocycles. The van der Waals surface area contributed by atoms with Gasteiger partial charge in [-0.1, -0.05) is 17.7 Å². The molecule has 0 atom stereocenters. The lowest BCUT2D eigenvalue weighted by atomic mass is 10.0. The molecule has 1 heterocycles.